The number of nitrogens with two attached hydrogens (primary N) is 1. The summed E-state index contributed by atoms with van der Waals surface area (Å²) in [4.78, 5) is 12.6. The maximum Gasteiger partial charge on any atom is 0.404 e. The van der Waals surface area contributed by atoms with Gasteiger partial charge in [0.2, 0.25) is 0 Å². The molecular formula is C10H21N3O2. The maximum atomic E-state index is 10.3. The molecule has 5 nitrogen and oxygen atoms in total. The second kappa shape index (κ2) is 6.63. The topological polar surface area (TPSA) is 67.6 Å². The first-order valence-corrected chi connectivity index (χ1v) is 5.50. The molecule has 1 aliphatic heterocycles. The van der Waals surface area contributed by atoms with E-state index in [4.69, 9.17) is 5.73 Å². The lowest BCUT2D eigenvalue weighted by molar-refractivity contribution is 0.155. The summed E-state index contributed by atoms with van der Waals surface area (Å²) in [6.07, 6.45) is 1.80. The minimum Gasteiger partial charge on any atom is -0.448 e. The highest BCUT2D eigenvalue weighted by Crippen LogP contribution is 2.14. The summed E-state index contributed by atoms with van der Waals surface area (Å²) in [6, 6.07) is 0. The highest BCUT2D eigenvalue weighted by atomic mass is 16.5. The third-order valence-electron chi connectivity index (χ3n) is 2.79. The van der Waals surface area contributed by atoms with Gasteiger partial charge < -0.3 is 20.7 Å². The average Bonchev–Trinajstić information content (AvgIpc) is 2.20. The third-order valence-corrected chi connectivity index (χ3v) is 2.79. The fraction of sp³-hybridized carbons (Fsp3) is 0.900. The van der Waals surface area contributed by atoms with E-state index in [0.717, 1.165) is 12.5 Å². The summed E-state index contributed by atoms with van der Waals surface area (Å²) in [5.74, 6) is 0.759. The van der Waals surface area contributed by atoms with Crippen LogP contribution in [0.4, 0.5) is 4.79 Å². The van der Waals surface area contributed by atoms with Crippen LogP contribution in [0.3, 0.4) is 0 Å². The average molecular weight is 215 g/mol. The van der Waals surface area contributed by atoms with Gasteiger partial charge in [0, 0.05) is 6.54 Å². The molecule has 1 saturated heterocycles. The minimum atomic E-state index is -0.698. The maximum absolute atomic E-state index is 10.3. The smallest absolute Gasteiger partial charge is 0.404 e. The molecule has 0 bridgehead atoms. The van der Waals surface area contributed by atoms with E-state index >= 15 is 0 Å². The molecule has 3 N–H and O–H groups in total. The van der Waals surface area contributed by atoms with Gasteiger partial charge in [0.25, 0.3) is 0 Å². The van der Waals surface area contributed by atoms with Crippen molar-refractivity contribution in [3.63, 3.8) is 0 Å². The zero-order chi connectivity index (χ0) is 11.1. The van der Waals surface area contributed by atoms with E-state index in [2.05, 4.69) is 22.0 Å². The van der Waals surface area contributed by atoms with Crippen molar-refractivity contribution in [2.45, 2.75) is 12.8 Å². The number of likely N-dealkylation sites (tertiary alicyclic amines) is 1. The Hall–Kier alpha value is -0.810. The molecule has 88 valence electrons. The van der Waals surface area contributed by atoms with Crippen molar-refractivity contribution in [3.05, 3.63) is 0 Å². The van der Waals surface area contributed by atoms with E-state index in [1.165, 1.54) is 25.9 Å². The molecule has 1 fully saturated rings. The highest BCUT2D eigenvalue weighted by molar-refractivity contribution is 5.64. The van der Waals surface area contributed by atoms with Gasteiger partial charge in [-0.15, -0.1) is 0 Å². The van der Waals surface area contributed by atoms with Crippen LogP contribution < -0.4 is 11.1 Å². The number of rotatable bonds is 5. The Morgan fingerprint density at radius 1 is 1.53 bits per heavy atom. The molecule has 1 rings (SSSR count). The van der Waals surface area contributed by atoms with Crippen molar-refractivity contribution >= 4 is 6.09 Å². The Morgan fingerprint density at radius 2 is 2.20 bits per heavy atom. The van der Waals surface area contributed by atoms with Gasteiger partial charge in [-0.3, -0.25) is 0 Å². The van der Waals surface area contributed by atoms with Gasteiger partial charge in [-0.25, -0.2) is 4.79 Å². The number of carbonyl (C=O) groups is 1. The van der Waals surface area contributed by atoms with E-state index in [-0.39, 0.29) is 0 Å². The fourth-order valence-electron chi connectivity index (χ4n) is 1.80. The summed E-state index contributed by atoms with van der Waals surface area (Å²) >= 11 is 0. The fourth-order valence-corrected chi connectivity index (χ4v) is 1.80. The Balaban J connectivity index is 1.94. The monoisotopic (exact) mass is 215 g/mol. The molecule has 0 unspecified atom stereocenters. The van der Waals surface area contributed by atoms with Gasteiger partial charge in [-0.2, -0.15) is 0 Å². The Morgan fingerprint density at radius 3 is 2.80 bits per heavy atom. The number of hydrogen-bond donors (Lipinski definition) is 2. The molecule has 0 aliphatic carbocycles. The number of carbonyl (C=O) groups excluding carboxylic acids is 1. The largest absolute Gasteiger partial charge is 0.448 e. The van der Waals surface area contributed by atoms with Crippen LogP contribution in [-0.2, 0) is 4.74 Å². The quantitative estimate of drug-likeness (QED) is 0.634. The van der Waals surface area contributed by atoms with Crippen LogP contribution in [0.25, 0.3) is 0 Å². The van der Waals surface area contributed by atoms with Gasteiger partial charge in [0.1, 0.15) is 6.61 Å². The van der Waals surface area contributed by atoms with Crippen LogP contribution >= 0.6 is 0 Å². The minimum absolute atomic E-state index is 0.363. The van der Waals surface area contributed by atoms with Gasteiger partial charge in [0.05, 0.1) is 0 Å². The lowest BCUT2D eigenvalue weighted by Gasteiger charge is -2.28. The van der Waals surface area contributed by atoms with Crippen molar-refractivity contribution < 1.29 is 9.53 Å². The Bertz CT molecular complexity index is 191. The summed E-state index contributed by atoms with van der Waals surface area (Å²) in [5.41, 5.74) is 4.84. The molecule has 0 aromatic rings. The summed E-state index contributed by atoms with van der Waals surface area (Å²) in [6.45, 7) is 4.43. The highest BCUT2D eigenvalue weighted by Gasteiger charge is 2.15. The van der Waals surface area contributed by atoms with Crippen LogP contribution in [0, 0.1) is 5.92 Å². The molecule has 0 aromatic heterocycles. The number of amides is 1. The third kappa shape index (κ3) is 5.59. The Kier molecular flexibility index (Phi) is 5.42. The number of primary amides is 1. The number of nitrogens with zero attached hydrogens (tertiary/aromatic N) is 1. The van der Waals surface area contributed by atoms with Gasteiger partial charge in [-0.05, 0) is 45.4 Å². The number of nitrogens with one attached hydrogen (secondary N) is 1. The van der Waals surface area contributed by atoms with Crippen molar-refractivity contribution in [3.8, 4) is 0 Å². The van der Waals surface area contributed by atoms with E-state index in [1.54, 1.807) is 0 Å². The van der Waals surface area contributed by atoms with E-state index < -0.39 is 6.09 Å². The summed E-state index contributed by atoms with van der Waals surface area (Å²) in [7, 11) is 2.16. The van der Waals surface area contributed by atoms with Gasteiger partial charge >= 0.3 is 6.09 Å². The molecule has 15 heavy (non-hydrogen) atoms. The first-order valence-electron chi connectivity index (χ1n) is 5.50. The number of hydrogen-bond acceptors (Lipinski definition) is 4. The van der Waals surface area contributed by atoms with E-state index in [0.29, 0.717) is 13.2 Å². The summed E-state index contributed by atoms with van der Waals surface area (Å²) in [5, 5.41) is 3.27. The van der Waals surface area contributed by atoms with Crippen molar-refractivity contribution in [2.75, 3.05) is 39.8 Å². The normalized spacial score (nSPS) is 19.0. The first-order chi connectivity index (χ1) is 7.18. The molecule has 1 aliphatic rings. The standard InChI is InChI=1S/C10H21N3O2/c1-13-5-2-9(3-6-13)8-12-4-7-15-10(11)14/h9,12H,2-8H2,1H3,(H2,11,14). The van der Waals surface area contributed by atoms with Crippen LogP contribution in [-0.4, -0.2) is 50.8 Å². The van der Waals surface area contributed by atoms with Gasteiger partial charge in [0.15, 0.2) is 0 Å². The van der Waals surface area contributed by atoms with Crippen molar-refractivity contribution in [2.24, 2.45) is 11.7 Å². The molecule has 0 spiro atoms. The first kappa shape index (κ1) is 12.3. The van der Waals surface area contributed by atoms with Crippen LogP contribution in [0.2, 0.25) is 0 Å². The molecular weight excluding hydrogens is 194 g/mol. The predicted molar refractivity (Wildman–Crippen MR) is 58.6 cm³/mol. The molecule has 0 atom stereocenters. The lowest BCUT2D eigenvalue weighted by atomic mass is 9.97. The van der Waals surface area contributed by atoms with E-state index in [9.17, 15) is 4.79 Å². The molecule has 0 aromatic carbocycles. The van der Waals surface area contributed by atoms with Gasteiger partial charge in [-0.1, -0.05) is 0 Å². The molecule has 1 amide bonds. The zero-order valence-electron chi connectivity index (χ0n) is 9.37. The molecule has 5 heteroatoms. The van der Waals surface area contributed by atoms with Crippen molar-refractivity contribution in [1.82, 2.24) is 10.2 Å². The number of ether oxygens (including phenoxy) is 1. The van der Waals surface area contributed by atoms with E-state index in [1.807, 2.05) is 0 Å². The van der Waals surface area contributed by atoms with Crippen LogP contribution in [0.1, 0.15) is 12.8 Å². The second-order valence-corrected chi connectivity index (χ2v) is 4.12. The number of piperidine rings is 1. The van der Waals surface area contributed by atoms with Crippen LogP contribution in [0.5, 0.6) is 0 Å². The molecule has 0 radical (unpaired) electrons. The SMILES string of the molecule is CN1CCC(CNCCOC(N)=O)CC1. The Labute approximate surface area is 90.9 Å². The van der Waals surface area contributed by atoms with Crippen LogP contribution in [0.15, 0.2) is 0 Å². The lowest BCUT2D eigenvalue weighted by Crippen LogP contribution is -2.36. The molecule has 1 heterocycles. The zero-order valence-corrected chi connectivity index (χ0v) is 9.37. The van der Waals surface area contributed by atoms with Crippen molar-refractivity contribution in [1.29, 1.82) is 0 Å². The predicted octanol–water partition coefficient (Wildman–Crippen LogP) is 0.0131. The second-order valence-electron chi connectivity index (χ2n) is 4.12. The molecule has 0 saturated carbocycles. The summed E-state index contributed by atoms with van der Waals surface area (Å²) < 4.78 is 4.62.